The Kier molecular flexibility index (Phi) is 4.06. The van der Waals surface area contributed by atoms with Crippen LogP contribution in [-0.4, -0.2) is 27.5 Å². The second-order valence-electron chi connectivity index (χ2n) is 4.87. The minimum atomic E-state index is -0.197. The van der Waals surface area contributed by atoms with Gasteiger partial charge in [-0.2, -0.15) is 0 Å². The summed E-state index contributed by atoms with van der Waals surface area (Å²) in [6, 6.07) is 0. The summed E-state index contributed by atoms with van der Waals surface area (Å²) in [5.74, 6) is -0.0100. The Morgan fingerprint density at radius 3 is 2.81 bits per heavy atom. The molecule has 1 aromatic heterocycles. The van der Waals surface area contributed by atoms with Crippen molar-refractivity contribution in [1.82, 2.24) is 14.9 Å². The van der Waals surface area contributed by atoms with E-state index in [-0.39, 0.29) is 11.4 Å². The molecule has 0 bridgehead atoms. The predicted molar refractivity (Wildman–Crippen MR) is 62.9 cm³/mol. The summed E-state index contributed by atoms with van der Waals surface area (Å²) in [5.41, 5.74) is 6.15. The first-order valence-electron chi connectivity index (χ1n) is 5.42. The predicted octanol–water partition coefficient (Wildman–Crippen LogP) is 0.299. The van der Waals surface area contributed by atoms with Crippen molar-refractivity contribution in [3.05, 3.63) is 18.2 Å². The smallest absolute Gasteiger partial charge is 0.240 e. The van der Waals surface area contributed by atoms with Gasteiger partial charge in [-0.3, -0.25) is 4.79 Å². The number of rotatable bonds is 4. The maximum atomic E-state index is 11.6. The molecule has 90 valence electrons. The number of nitrogens with two attached hydrogens (primary N) is 1. The van der Waals surface area contributed by atoms with Gasteiger partial charge in [0, 0.05) is 18.2 Å². The van der Waals surface area contributed by atoms with E-state index in [9.17, 15) is 4.79 Å². The van der Waals surface area contributed by atoms with Gasteiger partial charge in [0.2, 0.25) is 5.91 Å². The van der Waals surface area contributed by atoms with Gasteiger partial charge >= 0.3 is 0 Å². The molecule has 0 saturated carbocycles. The highest BCUT2D eigenvalue weighted by molar-refractivity contribution is 5.76. The van der Waals surface area contributed by atoms with Gasteiger partial charge in [-0.15, -0.1) is 0 Å². The van der Waals surface area contributed by atoms with Crippen molar-refractivity contribution in [3.63, 3.8) is 0 Å². The fourth-order valence-electron chi connectivity index (χ4n) is 1.39. The maximum Gasteiger partial charge on any atom is 0.240 e. The molecule has 0 spiro atoms. The minimum Gasteiger partial charge on any atom is -0.350 e. The molecule has 16 heavy (non-hydrogen) atoms. The van der Waals surface area contributed by atoms with E-state index >= 15 is 0 Å². The zero-order valence-electron chi connectivity index (χ0n) is 10.2. The van der Waals surface area contributed by atoms with E-state index in [1.807, 2.05) is 27.0 Å². The SMILES string of the molecule is CC(C)(C)NC(=O)Cn1cnc(CCN)c1. The standard InChI is InChI=1S/C11H20N4O/c1-11(2,3)14-10(16)7-15-6-9(4-5-12)13-8-15/h6,8H,4-5,7,12H2,1-3H3,(H,14,16). The number of hydrogen-bond donors (Lipinski definition) is 2. The van der Waals surface area contributed by atoms with Gasteiger partial charge in [-0.05, 0) is 27.3 Å². The van der Waals surface area contributed by atoms with Crippen LogP contribution in [0.4, 0.5) is 0 Å². The Morgan fingerprint density at radius 1 is 1.56 bits per heavy atom. The third-order valence-corrected chi connectivity index (χ3v) is 1.93. The number of nitrogens with zero attached hydrogens (tertiary/aromatic N) is 2. The van der Waals surface area contributed by atoms with Gasteiger partial charge in [0.25, 0.3) is 0 Å². The average Bonchev–Trinajstić information content (AvgIpc) is 2.49. The summed E-state index contributed by atoms with van der Waals surface area (Å²) in [6.07, 6.45) is 4.26. The maximum absolute atomic E-state index is 11.6. The molecule has 1 heterocycles. The number of nitrogens with one attached hydrogen (secondary N) is 1. The van der Waals surface area contributed by atoms with Crippen LogP contribution in [0, 0.1) is 0 Å². The zero-order valence-corrected chi connectivity index (χ0v) is 10.2. The molecule has 0 radical (unpaired) electrons. The molecule has 0 aromatic carbocycles. The highest BCUT2D eigenvalue weighted by atomic mass is 16.2. The number of imidazole rings is 1. The summed E-state index contributed by atoms with van der Waals surface area (Å²) in [7, 11) is 0. The lowest BCUT2D eigenvalue weighted by Gasteiger charge is -2.20. The van der Waals surface area contributed by atoms with Crippen molar-refractivity contribution in [2.24, 2.45) is 5.73 Å². The number of carbonyl (C=O) groups is 1. The van der Waals surface area contributed by atoms with Crippen LogP contribution in [0.25, 0.3) is 0 Å². The lowest BCUT2D eigenvalue weighted by Crippen LogP contribution is -2.42. The molecule has 1 amide bonds. The van der Waals surface area contributed by atoms with Gasteiger partial charge in [0.05, 0.1) is 12.0 Å². The highest BCUT2D eigenvalue weighted by Crippen LogP contribution is 2.00. The Labute approximate surface area is 96.0 Å². The molecule has 0 aliphatic heterocycles. The largest absolute Gasteiger partial charge is 0.350 e. The molecule has 5 heteroatoms. The van der Waals surface area contributed by atoms with Crippen molar-refractivity contribution >= 4 is 5.91 Å². The van der Waals surface area contributed by atoms with Crippen LogP contribution >= 0.6 is 0 Å². The monoisotopic (exact) mass is 224 g/mol. The molecule has 1 aromatic rings. The zero-order chi connectivity index (χ0) is 12.2. The van der Waals surface area contributed by atoms with E-state index in [0.29, 0.717) is 13.1 Å². The van der Waals surface area contributed by atoms with E-state index in [4.69, 9.17) is 5.73 Å². The topological polar surface area (TPSA) is 72.9 Å². The molecule has 3 N–H and O–H groups in total. The van der Waals surface area contributed by atoms with E-state index in [2.05, 4.69) is 10.3 Å². The van der Waals surface area contributed by atoms with E-state index in [1.165, 1.54) is 0 Å². The van der Waals surface area contributed by atoms with E-state index in [0.717, 1.165) is 12.1 Å². The molecule has 5 nitrogen and oxygen atoms in total. The van der Waals surface area contributed by atoms with Crippen molar-refractivity contribution in [2.75, 3.05) is 6.54 Å². The Bertz CT molecular complexity index is 351. The van der Waals surface area contributed by atoms with Crippen LogP contribution < -0.4 is 11.1 Å². The van der Waals surface area contributed by atoms with Crippen LogP contribution in [-0.2, 0) is 17.8 Å². The van der Waals surface area contributed by atoms with Gasteiger partial charge in [0.15, 0.2) is 0 Å². The summed E-state index contributed by atoms with van der Waals surface area (Å²) in [6.45, 7) is 6.75. The molecule has 0 unspecified atom stereocenters. The van der Waals surface area contributed by atoms with Crippen molar-refractivity contribution < 1.29 is 4.79 Å². The third kappa shape index (κ3) is 4.44. The Balaban J connectivity index is 2.50. The number of amides is 1. The van der Waals surface area contributed by atoms with Crippen LogP contribution in [0.15, 0.2) is 12.5 Å². The van der Waals surface area contributed by atoms with E-state index < -0.39 is 0 Å². The third-order valence-electron chi connectivity index (χ3n) is 1.93. The average molecular weight is 224 g/mol. The van der Waals surface area contributed by atoms with Crippen LogP contribution in [0.3, 0.4) is 0 Å². The van der Waals surface area contributed by atoms with Crippen molar-refractivity contribution in [3.8, 4) is 0 Å². The first-order valence-corrected chi connectivity index (χ1v) is 5.42. The second-order valence-corrected chi connectivity index (χ2v) is 4.87. The first kappa shape index (κ1) is 12.7. The number of carbonyl (C=O) groups excluding carboxylic acids is 1. The van der Waals surface area contributed by atoms with Crippen LogP contribution in [0.2, 0.25) is 0 Å². The molecule has 0 saturated heterocycles. The Morgan fingerprint density at radius 2 is 2.25 bits per heavy atom. The lowest BCUT2D eigenvalue weighted by atomic mass is 10.1. The van der Waals surface area contributed by atoms with Gasteiger partial charge in [-0.1, -0.05) is 0 Å². The lowest BCUT2D eigenvalue weighted by molar-refractivity contribution is -0.123. The Hall–Kier alpha value is -1.36. The molecular formula is C11H20N4O. The molecular weight excluding hydrogens is 204 g/mol. The summed E-state index contributed by atoms with van der Waals surface area (Å²) < 4.78 is 1.77. The fourth-order valence-corrected chi connectivity index (χ4v) is 1.39. The molecule has 0 aliphatic rings. The first-order chi connectivity index (χ1) is 7.40. The second kappa shape index (κ2) is 5.12. The minimum absolute atomic E-state index is 0.0100. The van der Waals surface area contributed by atoms with Crippen molar-refractivity contribution in [2.45, 2.75) is 39.3 Å². The summed E-state index contributed by atoms with van der Waals surface area (Å²) in [4.78, 5) is 15.8. The quantitative estimate of drug-likeness (QED) is 0.772. The summed E-state index contributed by atoms with van der Waals surface area (Å²) >= 11 is 0. The number of hydrogen-bond acceptors (Lipinski definition) is 3. The summed E-state index contributed by atoms with van der Waals surface area (Å²) in [5, 5.41) is 2.90. The van der Waals surface area contributed by atoms with Crippen LogP contribution in [0.1, 0.15) is 26.5 Å². The molecule has 0 aliphatic carbocycles. The normalized spacial score (nSPS) is 11.5. The van der Waals surface area contributed by atoms with Gasteiger partial charge in [-0.25, -0.2) is 4.98 Å². The molecule has 0 atom stereocenters. The fraction of sp³-hybridized carbons (Fsp3) is 0.636. The number of aromatic nitrogens is 2. The highest BCUT2D eigenvalue weighted by Gasteiger charge is 2.13. The van der Waals surface area contributed by atoms with E-state index in [1.54, 1.807) is 10.9 Å². The van der Waals surface area contributed by atoms with Crippen molar-refractivity contribution in [1.29, 1.82) is 0 Å². The van der Waals surface area contributed by atoms with Gasteiger partial charge < -0.3 is 15.6 Å². The molecule has 1 rings (SSSR count). The molecule has 0 fully saturated rings. The van der Waals surface area contributed by atoms with Gasteiger partial charge in [0.1, 0.15) is 6.54 Å². The van der Waals surface area contributed by atoms with Crippen LogP contribution in [0.5, 0.6) is 0 Å².